The molecule has 4 nitrogen and oxygen atoms in total. The van der Waals surface area contributed by atoms with Gasteiger partial charge in [0.1, 0.15) is 0 Å². The van der Waals surface area contributed by atoms with Gasteiger partial charge in [-0.25, -0.2) is 0 Å². The fraction of sp³-hybridized carbons (Fsp3) is 0.933. The van der Waals surface area contributed by atoms with Gasteiger partial charge in [-0.1, -0.05) is 0 Å². The van der Waals surface area contributed by atoms with Gasteiger partial charge in [-0.2, -0.15) is 11.8 Å². The molecule has 118 valence electrons. The van der Waals surface area contributed by atoms with Crippen LogP contribution in [-0.2, 0) is 4.74 Å². The van der Waals surface area contributed by atoms with Crippen LogP contribution in [0.4, 0.5) is 0 Å². The summed E-state index contributed by atoms with van der Waals surface area (Å²) in [6.07, 6.45) is 6.98. The van der Waals surface area contributed by atoms with Crippen LogP contribution in [0.3, 0.4) is 0 Å². The highest BCUT2D eigenvalue weighted by Gasteiger charge is 2.15. The molecule has 1 N–H and O–H groups in total. The average molecular weight is 302 g/mol. The van der Waals surface area contributed by atoms with Crippen molar-refractivity contribution in [2.45, 2.75) is 32.6 Å². The van der Waals surface area contributed by atoms with E-state index >= 15 is 0 Å². The van der Waals surface area contributed by atoms with E-state index < -0.39 is 0 Å². The number of nitrogens with zero attached hydrogens (tertiary/aromatic N) is 2. The molecule has 0 unspecified atom stereocenters. The molecule has 5 heteroatoms. The number of hydrogen-bond donors (Lipinski definition) is 1. The standard InChI is InChI=1S/C15H31N3OS/c1-4-16-15(17-9-5-13-20-3)18(2)10-6-14-7-11-19-12-8-14/h14H,4-13H2,1-3H3,(H,16,17). The molecular weight excluding hydrogens is 270 g/mol. The monoisotopic (exact) mass is 301 g/mol. The van der Waals surface area contributed by atoms with E-state index in [-0.39, 0.29) is 0 Å². The summed E-state index contributed by atoms with van der Waals surface area (Å²) in [4.78, 5) is 6.98. The maximum Gasteiger partial charge on any atom is 0.193 e. The van der Waals surface area contributed by atoms with Gasteiger partial charge in [0.05, 0.1) is 0 Å². The van der Waals surface area contributed by atoms with Crippen molar-refractivity contribution in [1.29, 1.82) is 0 Å². The van der Waals surface area contributed by atoms with E-state index in [4.69, 9.17) is 9.73 Å². The fourth-order valence-electron chi connectivity index (χ4n) is 2.38. The number of rotatable bonds is 8. The molecule has 0 spiro atoms. The fourth-order valence-corrected chi connectivity index (χ4v) is 2.80. The molecule has 0 saturated carbocycles. The van der Waals surface area contributed by atoms with Crippen LogP contribution in [0, 0.1) is 5.92 Å². The molecule has 0 aliphatic carbocycles. The zero-order valence-corrected chi connectivity index (χ0v) is 14.2. The first-order valence-electron chi connectivity index (χ1n) is 7.84. The zero-order valence-electron chi connectivity index (χ0n) is 13.4. The summed E-state index contributed by atoms with van der Waals surface area (Å²) in [6, 6.07) is 0. The zero-order chi connectivity index (χ0) is 14.6. The molecule has 0 aromatic carbocycles. The molecule has 1 aliphatic heterocycles. The molecule has 1 rings (SSSR count). The minimum Gasteiger partial charge on any atom is -0.381 e. The normalized spacial score (nSPS) is 17.2. The summed E-state index contributed by atoms with van der Waals surface area (Å²) in [5.74, 6) is 3.07. The maximum absolute atomic E-state index is 5.42. The van der Waals surface area contributed by atoms with E-state index in [1.54, 1.807) is 0 Å². The second-order valence-electron chi connectivity index (χ2n) is 5.35. The molecule has 1 saturated heterocycles. The summed E-state index contributed by atoms with van der Waals surface area (Å²) in [6.45, 7) is 6.95. The molecule has 1 heterocycles. The summed E-state index contributed by atoms with van der Waals surface area (Å²) in [5, 5.41) is 3.39. The predicted octanol–water partition coefficient (Wildman–Crippen LogP) is 2.45. The number of nitrogens with one attached hydrogen (secondary N) is 1. The van der Waals surface area contributed by atoms with Gasteiger partial charge in [-0.15, -0.1) is 0 Å². The van der Waals surface area contributed by atoms with Crippen molar-refractivity contribution in [3.05, 3.63) is 0 Å². The molecule has 20 heavy (non-hydrogen) atoms. The van der Waals surface area contributed by atoms with Crippen LogP contribution in [-0.4, -0.2) is 62.8 Å². The van der Waals surface area contributed by atoms with Crippen LogP contribution in [0.25, 0.3) is 0 Å². The summed E-state index contributed by atoms with van der Waals surface area (Å²) in [7, 11) is 2.15. The minimum atomic E-state index is 0.825. The molecule has 1 fully saturated rings. The Morgan fingerprint density at radius 3 is 2.80 bits per heavy atom. The maximum atomic E-state index is 5.42. The lowest BCUT2D eigenvalue weighted by Gasteiger charge is -2.26. The number of thioether (sulfide) groups is 1. The van der Waals surface area contributed by atoms with E-state index in [0.29, 0.717) is 0 Å². The lowest BCUT2D eigenvalue weighted by atomic mass is 9.96. The SMILES string of the molecule is CCNC(=NCCCSC)N(C)CCC1CCOCC1. The van der Waals surface area contributed by atoms with Crippen LogP contribution in [0.15, 0.2) is 4.99 Å². The van der Waals surface area contributed by atoms with Gasteiger partial charge in [-0.3, -0.25) is 4.99 Å². The smallest absolute Gasteiger partial charge is 0.193 e. The van der Waals surface area contributed by atoms with Gasteiger partial charge in [0, 0.05) is 39.9 Å². The van der Waals surface area contributed by atoms with Crippen molar-refractivity contribution in [1.82, 2.24) is 10.2 Å². The third-order valence-corrected chi connectivity index (χ3v) is 4.38. The van der Waals surface area contributed by atoms with Gasteiger partial charge in [0.2, 0.25) is 0 Å². The largest absolute Gasteiger partial charge is 0.381 e. The summed E-state index contributed by atoms with van der Waals surface area (Å²) < 4.78 is 5.42. The molecular formula is C15H31N3OS. The Morgan fingerprint density at radius 2 is 2.15 bits per heavy atom. The van der Waals surface area contributed by atoms with E-state index in [1.807, 2.05) is 11.8 Å². The van der Waals surface area contributed by atoms with Gasteiger partial charge in [0.15, 0.2) is 5.96 Å². The third-order valence-electron chi connectivity index (χ3n) is 3.68. The Balaban J connectivity index is 2.31. The molecule has 1 aliphatic rings. The van der Waals surface area contributed by atoms with E-state index in [1.165, 1.54) is 25.0 Å². The second-order valence-corrected chi connectivity index (χ2v) is 6.33. The topological polar surface area (TPSA) is 36.9 Å². The lowest BCUT2D eigenvalue weighted by Crippen LogP contribution is -2.40. The number of ether oxygens (including phenoxy) is 1. The molecule has 0 radical (unpaired) electrons. The van der Waals surface area contributed by atoms with Crippen molar-refractivity contribution in [2.75, 3.05) is 51.9 Å². The highest BCUT2D eigenvalue weighted by molar-refractivity contribution is 7.98. The highest BCUT2D eigenvalue weighted by atomic mass is 32.2. The second kappa shape index (κ2) is 11.3. The van der Waals surface area contributed by atoms with Crippen molar-refractivity contribution < 1.29 is 4.74 Å². The highest BCUT2D eigenvalue weighted by Crippen LogP contribution is 2.18. The van der Waals surface area contributed by atoms with Crippen LogP contribution < -0.4 is 5.32 Å². The first-order valence-corrected chi connectivity index (χ1v) is 9.23. The third kappa shape index (κ3) is 7.39. The predicted molar refractivity (Wildman–Crippen MR) is 89.8 cm³/mol. The van der Waals surface area contributed by atoms with E-state index in [0.717, 1.165) is 51.1 Å². The molecule has 0 bridgehead atoms. The Kier molecular flexibility index (Phi) is 9.93. The van der Waals surface area contributed by atoms with Gasteiger partial charge < -0.3 is 15.0 Å². The quantitative estimate of drug-likeness (QED) is 0.424. The Hall–Kier alpha value is -0.420. The molecule has 0 atom stereocenters. The average Bonchev–Trinajstić information content (AvgIpc) is 2.49. The molecule has 0 aromatic rings. The van der Waals surface area contributed by atoms with E-state index in [9.17, 15) is 0 Å². The molecule has 0 aromatic heterocycles. The van der Waals surface area contributed by atoms with Crippen LogP contribution >= 0.6 is 11.8 Å². The van der Waals surface area contributed by atoms with Crippen LogP contribution in [0.5, 0.6) is 0 Å². The number of hydrogen-bond acceptors (Lipinski definition) is 3. The first kappa shape index (κ1) is 17.6. The summed E-state index contributed by atoms with van der Waals surface area (Å²) >= 11 is 1.89. The Bertz CT molecular complexity index is 268. The van der Waals surface area contributed by atoms with Gasteiger partial charge in [0.25, 0.3) is 0 Å². The van der Waals surface area contributed by atoms with Gasteiger partial charge >= 0.3 is 0 Å². The number of aliphatic imine (C=N–C) groups is 1. The first-order chi connectivity index (χ1) is 9.77. The van der Waals surface area contributed by atoms with E-state index in [2.05, 4.69) is 30.4 Å². The van der Waals surface area contributed by atoms with Crippen molar-refractivity contribution in [3.8, 4) is 0 Å². The van der Waals surface area contributed by atoms with Crippen LogP contribution in [0.2, 0.25) is 0 Å². The van der Waals surface area contributed by atoms with Crippen molar-refractivity contribution in [3.63, 3.8) is 0 Å². The van der Waals surface area contributed by atoms with Gasteiger partial charge in [-0.05, 0) is 50.5 Å². The lowest BCUT2D eigenvalue weighted by molar-refractivity contribution is 0.0625. The van der Waals surface area contributed by atoms with Crippen molar-refractivity contribution >= 4 is 17.7 Å². The molecule has 0 amide bonds. The summed E-state index contributed by atoms with van der Waals surface area (Å²) in [5.41, 5.74) is 0. The van der Waals surface area contributed by atoms with Crippen molar-refractivity contribution in [2.24, 2.45) is 10.9 Å². The Morgan fingerprint density at radius 1 is 1.40 bits per heavy atom. The Labute approximate surface area is 128 Å². The number of guanidine groups is 1. The minimum absolute atomic E-state index is 0.825. The van der Waals surface area contributed by atoms with Crippen LogP contribution in [0.1, 0.15) is 32.6 Å².